The highest BCUT2D eigenvalue weighted by Crippen LogP contribution is 2.37. The number of rotatable bonds is 3. The Labute approximate surface area is 171 Å². The highest BCUT2D eigenvalue weighted by molar-refractivity contribution is 7.18. The van der Waals surface area contributed by atoms with Crippen LogP contribution in [0.1, 0.15) is 5.56 Å². The number of fused-ring (bicyclic) bond motifs is 1. The van der Waals surface area contributed by atoms with Gasteiger partial charge in [-0.3, -0.25) is 4.98 Å². The van der Waals surface area contributed by atoms with E-state index in [-0.39, 0.29) is 0 Å². The van der Waals surface area contributed by atoms with Gasteiger partial charge in [0.1, 0.15) is 18.3 Å². The molecule has 0 amide bonds. The van der Waals surface area contributed by atoms with Crippen molar-refractivity contribution in [2.75, 3.05) is 0 Å². The zero-order valence-electron chi connectivity index (χ0n) is 15.1. The summed E-state index contributed by atoms with van der Waals surface area (Å²) >= 11 is 1.39. The van der Waals surface area contributed by atoms with Gasteiger partial charge in [-0.25, -0.2) is 9.67 Å². The molecular weight excluding hydrogens is 413 g/mol. The van der Waals surface area contributed by atoms with Gasteiger partial charge in [-0.15, -0.1) is 21.5 Å². The molecule has 0 spiro atoms. The van der Waals surface area contributed by atoms with E-state index in [1.807, 2.05) is 36.4 Å². The molecule has 1 aromatic carbocycles. The van der Waals surface area contributed by atoms with Crippen molar-refractivity contribution in [2.24, 2.45) is 0 Å². The summed E-state index contributed by atoms with van der Waals surface area (Å²) in [7, 11) is 0. The molecule has 0 aliphatic heterocycles. The third kappa shape index (κ3) is 3.20. The Balaban J connectivity index is 1.56. The fraction of sp³-hybridized carbons (Fsp3) is 0.0500. The number of nitrogens with zero attached hydrogens (tertiary/aromatic N) is 6. The molecule has 148 valence electrons. The summed E-state index contributed by atoms with van der Waals surface area (Å²) < 4.78 is 39.8. The first-order chi connectivity index (χ1) is 14.5. The number of alkyl halides is 3. The predicted molar refractivity (Wildman–Crippen MR) is 106 cm³/mol. The van der Waals surface area contributed by atoms with E-state index in [0.717, 1.165) is 32.8 Å². The second-order valence-electron chi connectivity index (χ2n) is 6.35. The fourth-order valence-corrected chi connectivity index (χ4v) is 4.05. The highest BCUT2D eigenvalue weighted by atomic mass is 32.1. The van der Waals surface area contributed by atoms with E-state index in [0.29, 0.717) is 17.2 Å². The van der Waals surface area contributed by atoms with Crippen LogP contribution in [-0.2, 0) is 6.18 Å². The van der Waals surface area contributed by atoms with E-state index in [1.54, 1.807) is 11.0 Å². The first kappa shape index (κ1) is 18.4. The maximum absolute atomic E-state index is 12.8. The zero-order chi connectivity index (χ0) is 20.7. The number of pyridine rings is 1. The van der Waals surface area contributed by atoms with E-state index < -0.39 is 11.7 Å². The number of hydrogen-bond donors (Lipinski definition) is 0. The van der Waals surface area contributed by atoms with Crippen LogP contribution in [-0.4, -0.2) is 29.9 Å². The molecule has 0 fully saturated rings. The second kappa shape index (κ2) is 6.99. The summed E-state index contributed by atoms with van der Waals surface area (Å²) in [5.41, 5.74) is 0.372. The van der Waals surface area contributed by atoms with Crippen molar-refractivity contribution in [3.63, 3.8) is 0 Å². The lowest BCUT2D eigenvalue weighted by molar-refractivity contribution is -0.137. The monoisotopic (exact) mass is 424 g/mol. The van der Waals surface area contributed by atoms with Gasteiger partial charge in [-0.05, 0) is 24.3 Å². The second-order valence-corrected chi connectivity index (χ2v) is 7.44. The lowest BCUT2D eigenvalue weighted by Gasteiger charge is -2.07. The number of hydrogen-bond acceptors (Lipinski definition) is 6. The molecule has 0 atom stereocenters. The molecule has 30 heavy (non-hydrogen) atoms. The van der Waals surface area contributed by atoms with Gasteiger partial charge in [0.05, 0.1) is 21.0 Å². The van der Waals surface area contributed by atoms with Crippen LogP contribution in [0.4, 0.5) is 13.2 Å². The Morgan fingerprint density at radius 3 is 2.37 bits per heavy atom. The smallest absolute Gasteiger partial charge is 0.255 e. The molecule has 10 heteroatoms. The normalized spacial score (nSPS) is 11.8. The minimum absolute atomic E-state index is 0.468. The van der Waals surface area contributed by atoms with E-state index in [2.05, 4.69) is 25.3 Å². The number of halogens is 3. The number of benzene rings is 1. The first-order valence-corrected chi connectivity index (χ1v) is 9.56. The minimum Gasteiger partial charge on any atom is -0.255 e. The molecule has 0 saturated carbocycles. The maximum Gasteiger partial charge on any atom is 0.417 e. The van der Waals surface area contributed by atoms with Crippen molar-refractivity contribution < 1.29 is 13.2 Å². The Morgan fingerprint density at radius 1 is 0.867 bits per heavy atom. The van der Waals surface area contributed by atoms with E-state index in [9.17, 15) is 13.2 Å². The Hall–Kier alpha value is -3.66. The molecular formula is C20H11F3N6S. The van der Waals surface area contributed by atoms with Gasteiger partial charge in [0.2, 0.25) is 0 Å². The maximum atomic E-state index is 12.8. The summed E-state index contributed by atoms with van der Waals surface area (Å²) in [6.45, 7) is 0. The van der Waals surface area contributed by atoms with Gasteiger partial charge in [-0.2, -0.15) is 18.3 Å². The minimum atomic E-state index is -4.41. The summed E-state index contributed by atoms with van der Waals surface area (Å²) in [5, 5.41) is 14.6. The van der Waals surface area contributed by atoms with E-state index in [4.69, 9.17) is 0 Å². The molecule has 4 heterocycles. The quantitative estimate of drug-likeness (QED) is 0.407. The average Bonchev–Trinajstić information content (AvgIpc) is 3.45. The average molecular weight is 424 g/mol. The SMILES string of the molecule is FC(F)(F)c1ccc(-c2ccc(-c3nnc(-n4cncn4)c4ccccc34)s2)nc1. The molecule has 0 saturated heterocycles. The van der Waals surface area contributed by atoms with Crippen molar-refractivity contribution >= 4 is 22.1 Å². The lowest BCUT2D eigenvalue weighted by Crippen LogP contribution is -2.05. The van der Waals surface area contributed by atoms with Crippen molar-refractivity contribution in [2.45, 2.75) is 6.18 Å². The Bertz CT molecular complexity index is 1330. The molecule has 0 aliphatic carbocycles. The third-order valence-electron chi connectivity index (χ3n) is 4.49. The number of thiophene rings is 1. The molecule has 0 aliphatic rings. The molecule has 0 N–H and O–H groups in total. The van der Waals surface area contributed by atoms with Crippen molar-refractivity contribution in [3.8, 4) is 27.0 Å². The van der Waals surface area contributed by atoms with Gasteiger partial charge < -0.3 is 0 Å². The van der Waals surface area contributed by atoms with Gasteiger partial charge >= 0.3 is 6.18 Å². The zero-order valence-corrected chi connectivity index (χ0v) is 15.9. The standard InChI is InChI=1S/C20H11F3N6S/c21-20(22,23)12-5-6-15(25-9-12)16-7-8-17(30-16)18-13-3-1-2-4-14(13)19(28-27-18)29-11-24-10-26-29/h1-11H. The Morgan fingerprint density at radius 2 is 1.67 bits per heavy atom. The first-order valence-electron chi connectivity index (χ1n) is 8.75. The van der Waals surface area contributed by atoms with Crippen LogP contribution in [0.5, 0.6) is 0 Å². The van der Waals surface area contributed by atoms with Gasteiger partial charge in [0.25, 0.3) is 0 Å². The highest BCUT2D eigenvalue weighted by Gasteiger charge is 2.30. The summed E-state index contributed by atoms with van der Waals surface area (Å²) in [6.07, 6.45) is -0.591. The summed E-state index contributed by atoms with van der Waals surface area (Å²) in [5.74, 6) is 0.563. The van der Waals surface area contributed by atoms with Crippen molar-refractivity contribution in [1.29, 1.82) is 0 Å². The van der Waals surface area contributed by atoms with Gasteiger partial charge in [0, 0.05) is 17.0 Å². The van der Waals surface area contributed by atoms with Crippen LogP contribution in [0.2, 0.25) is 0 Å². The molecule has 0 bridgehead atoms. The number of aromatic nitrogens is 6. The van der Waals surface area contributed by atoms with Crippen LogP contribution >= 0.6 is 11.3 Å². The summed E-state index contributed by atoms with van der Waals surface area (Å²) in [6, 6.07) is 13.8. The van der Waals surface area contributed by atoms with Crippen molar-refractivity contribution in [3.05, 3.63) is 72.9 Å². The topological polar surface area (TPSA) is 69.4 Å². The molecule has 4 aromatic heterocycles. The van der Waals surface area contributed by atoms with Crippen molar-refractivity contribution in [1.82, 2.24) is 29.9 Å². The predicted octanol–water partition coefficient (Wildman–Crippen LogP) is 5.02. The lowest BCUT2D eigenvalue weighted by atomic mass is 10.1. The third-order valence-corrected chi connectivity index (χ3v) is 5.60. The molecule has 0 unspecified atom stereocenters. The summed E-state index contributed by atoms with van der Waals surface area (Å²) in [4.78, 5) is 9.50. The van der Waals surface area contributed by atoms with Gasteiger partial charge in [0.15, 0.2) is 5.82 Å². The molecule has 5 aromatic rings. The van der Waals surface area contributed by atoms with Gasteiger partial charge in [-0.1, -0.05) is 24.3 Å². The van der Waals surface area contributed by atoms with Crippen LogP contribution in [0.25, 0.3) is 37.7 Å². The van der Waals surface area contributed by atoms with Crippen LogP contribution in [0, 0.1) is 0 Å². The molecule has 5 rings (SSSR count). The van der Waals surface area contributed by atoms with Crippen LogP contribution < -0.4 is 0 Å². The fourth-order valence-electron chi connectivity index (χ4n) is 3.07. The van der Waals surface area contributed by atoms with E-state index in [1.165, 1.54) is 23.7 Å². The Kier molecular flexibility index (Phi) is 4.28. The molecule has 0 radical (unpaired) electrons. The van der Waals surface area contributed by atoms with Crippen LogP contribution in [0.3, 0.4) is 0 Å². The van der Waals surface area contributed by atoms with E-state index >= 15 is 0 Å². The largest absolute Gasteiger partial charge is 0.417 e. The van der Waals surface area contributed by atoms with Crippen LogP contribution in [0.15, 0.2) is 67.4 Å². The molecule has 6 nitrogen and oxygen atoms in total.